The normalized spacial score (nSPS) is 20.5. The van der Waals surface area contributed by atoms with Crippen LogP contribution in [0.5, 0.6) is 0 Å². The molecule has 0 aromatic heterocycles. The number of urea groups is 1. The van der Waals surface area contributed by atoms with Crippen molar-refractivity contribution in [2.75, 3.05) is 7.05 Å². The molecule has 0 fully saturated rings. The molecule has 1 unspecified atom stereocenters. The van der Waals surface area contributed by atoms with Gasteiger partial charge < -0.3 is 10.2 Å². The Kier molecular flexibility index (Phi) is 3.18. The molecule has 1 aliphatic heterocycles. The predicted octanol–water partition coefficient (Wildman–Crippen LogP) is 2.88. The third-order valence-corrected chi connectivity index (χ3v) is 3.29. The number of benzene rings is 1. The molecule has 2 amide bonds. The standard InChI is InChI=1S/C14H17N2O/c1-4-12-10(2)16(3)14(17)15-13(12)11-8-6-5-7-9-11/h5-9,13H,1,4H2,2-3H3,(H,15,17). The van der Waals surface area contributed by atoms with Crippen LogP contribution in [0, 0.1) is 6.92 Å². The second-order valence-corrected chi connectivity index (χ2v) is 4.21. The number of amides is 2. The van der Waals surface area contributed by atoms with Gasteiger partial charge in [-0.25, -0.2) is 4.79 Å². The zero-order valence-electron chi connectivity index (χ0n) is 10.2. The second-order valence-electron chi connectivity index (χ2n) is 4.21. The number of hydrogen-bond donors (Lipinski definition) is 1. The molecule has 1 aromatic carbocycles. The first kappa shape index (κ1) is 11.7. The Balaban J connectivity index is 2.44. The number of allylic oxidation sites excluding steroid dienone is 1. The molecule has 1 N–H and O–H groups in total. The Morgan fingerprint density at radius 3 is 2.59 bits per heavy atom. The predicted molar refractivity (Wildman–Crippen MR) is 68.2 cm³/mol. The summed E-state index contributed by atoms with van der Waals surface area (Å²) in [6.07, 6.45) is 0.690. The van der Waals surface area contributed by atoms with E-state index in [9.17, 15) is 4.79 Å². The van der Waals surface area contributed by atoms with Crippen LogP contribution in [-0.4, -0.2) is 18.0 Å². The Labute approximate surface area is 102 Å². The zero-order valence-corrected chi connectivity index (χ0v) is 10.2. The molecule has 1 atom stereocenters. The van der Waals surface area contributed by atoms with Gasteiger partial charge in [-0.1, -0.05) is 30.3 Å². The summed E-state index contributed by atoms with van der Waals surface area (Å²) in [5.74, 6) is 0. The van der Waals surface area contributed by atoms with Gasteiger partial charge in [-0.15, -0.1) is 0 Å². The van der Waals surface area contributed by atoms with Gasteiger partial charge >= 0.3 is 6.03 Å². The van der Waals surface area contributed by atoms with Gasteiger partial charge in [0.15, 0.2) is 0 Å². The lowest BCUT2D eigenvalue weighted by molar-refractivity contribution is 0.210. The van der Waals surface area contributed by atoms with Crippen molar-refractivity contribution in [1.29, 1.82) is 0 Å². The van der Waals surface area contributed by atoms with E-state index in [2.05, 4.69) is 12.2 Å². The van der Waals surface area contributed by atoms with E-state index >= 15 is 0 Å². The molecule has 2 rings (SSSR count). The fourth-order valence-corrected chi connectivity index (χ4v) is 2.14. The molecule has 89 valence electrons. The first-order valence-corrected chi connectivity index (χ1v) is 5.73. The topological polar surface area (TPSA) is 32.3 Å². The summed E-state index contributed by atoms with van der Waals surface area (Å²) >= 11 is 0. The number of carbonyl (C=O) groups excluding carboxylic acids is 1. The number of nitrogens with zero attached hydrogens (tertiary/aromatic N) is 1. The smallest absolute Gasteiger partial charge is 0.322 e. The quantitative estimate of drug-likeness (QED) is 0.831. The molecule has 0 saturated heterocycles. The van der Waals surface area contributed by atoms with Crippen LogP contribution in [0.15, 0.2) is 41.6 Å². The lowest BCUT2D eigenvalue weighted by atomic mass is 9.93. The minimum atomic E-state index is -0.0615. The van der Waals surface area contributed by atoms with Crippen molar-refractivity contribution in [3.05, 3.63) is 54.1 Å². The maximum Gasteiger partial charge on any atom is 0.322 e. The first-order chi connectivity index (χ1) is 8.15. The van der Waals surface area contributed by atoms with Crippen LogP contribution in [0.4, 0.5) is 4.79 Å². The van der Waals surface area contributed by atoms with Crippen molar-refractivity contribution < 1.29 is 4.79 Å². The van der Waals surface area contributed by atoms with E-state index in [1.807, 2.05) is 37.3 Å². The number of hydrogen-bond acceptors (Lipinski definition) is 1. The molecule has 0 bridgehead atoms. The van der Waals surface area contributed by atoms with Gasteiger partial charge in [-0.05, 0) is 31.4 Å². The van der Waals surface area contributed by atoms with Crippen LogP contribution in [0.1, 0.15) is 24.9 Å². The van der Waals surface area contributed by atoms with Crippen molar-refractivity contribution >= 4 is 6.03 Å². The number of nitrogens with one attached hydrogen (secondary N) is 1. The molecule has 3 nitrogen and oxygen atoms in total. The monoisotopic (exact) mass is 229 g/mol. The van der Waals surface area contributed by atoms with Crippen LogP contribution in [0.25, 0.3) is 0 Å². The average molecular weight is 229 g/mol. The molecule has 1 aliphatic rings. The van der Waals surface area contributed by atoms with Crippen LogP contribution >= 0.6 is 0 Å². The van der Waals surface area contributed by atoms with E-state index in [0.29, 0.717) is 6.42 Å². The van der Waals surface area contributed by atoms with E-state index < -0.39 is 0 Å². The van der Waals surface area contributed by atoms with Gasteiger partial charge in [-0.2, -0.15) is 0 Å². The van der Waals surface area contributed by atoms with Crippen LogP contribution in [-0.2, 0) is 0 Å². The van der Waals surface area contributed by atoms with Gasteiger partial charge in [0.2, 0.25) is 0 Å². The highest BCUT2D eigenvalue weighted by Gasteiger charge is 2.28. The largest absolute Gasteiger partial charge is 0.327 e. The second kappa shape index (κ2) is 4.62. The molecular formula is C14H17N2O. The first-order valence-electron chi connectivity index (χ1n) is 5.73. The van der Waals surface area contributed by atoms with Gasteiger partial charge in [0, 0.05) is 12.7 Å². The zero-order chi connectivity index (χ0) is 12.4. The van der Waals surface area contributed by atoms with E-state index in [0.717, 1.165) is 11.3 Å². The maximum absolute atomic E-state index is 11.8. The van der Waals surface area contributed by atoms with Gasteiger partial charge in [-0.3, -0.25) is 0 Å². The molecule has 0 spiro atoms. The van der Waals surface area contributed by atoms with Crippen molar-refractivity contribution in [3.63, 3.8) is 0 Å². The lowest BCUT2D eigenvalue weighted by Gasteiger charge is -2.34. The molecule has 0 saturated carbocycles. The maximum atomic E-state index is 11.8. The Hall–Kier alpha value is -1.77. The molecule has 1 aromatic rings. The Bertz CT molecular complexity index is 451. The number of rotatable bonds is 2. The number of carbonyl (C=O) groups is 1. The van der Waals surface area contributed by atoms with E-state index in [1.165, 1.54) is 5.57 Å². The summed E-state index contributed by atoms with van der Waals surface area (Å²) in [7, 11) is 1.78. The van der Waals surface area contributed by atoms with Crippen molar-refractivity contribution in [1.82, 2.24) is 10.2 Å². The molecular weight excluding hydrogens is 212 g/mol. The van der Waals surface area contributed by atoms with Gasteiger partial charge in [0.25, 0.3) is 0 Å². The summed E-state index contributed by atoms with van der Waals surface area (Å²) in [5, 5.41) is 3.00. The highest BCUT2D eigenvalue weighted by molar-refractivity contribution is 5.78. The third kappa shape index (κ3) is 2.05. The van der Waals surface area contributed by atoms with Crippen molar-refractivity contribution in [2.24, 2.45) is 0 Å². The van der Waals surface area contributed by atoms with Crippen LogP contribution < -0.4 is 5.32 Å². The van der Waals surface area contributed by atoms with Crippen LogP contribution in [0.3, 0.4) is 0 Å². The molecule has 1 radical (unpaired) electrons. The van der Waals surface area contributed by atoms with Crippen molar-refractivity contribution in [3.8, 4) is 0 Å². The molecule has 3 heteroatoms. The molecule has 0 aliphatic carbocycles. The lowest BCUT2D eigenvalue weighted by Crippen LogP contribution is -2.44. The third-order valence-electron chi connectivity index (χ3n) is 3.29. The summed E-state index contributed by atoms with van der Waals surface area (Å²) in [5.41, 5.74) is 3.27. The van der Waals surface area contributed by atoms with E-state index in [-0.39, 0.29) is 12.1 Å². The fourth-order valence-electron chi connectivity index (χ4n) is 2.14. The Morgan fingerprint density at radius 2 is 2.00 bits per heavy atom. The van der Waals surface area contributed by atoms with Crippen LogP contribution in [0.2, 0.25) is 0 Å². The highest BCUT2D eigenvalue weighted by Crippen LogP contribution is 2.31. The van der Waals surface area contributed by atoms with Gasteiger partial charge in [0.1, 0.15) is 0 Å². The summed E-state index contributed by atoms with van der Waals surface area (Å²) in [6, 6.07) is 9.89. The summed E-state index contributed by atoms with van der Waals surface area (Å²) in [6.45, 7) is 5.93. The summed E-state index contributed by atoms with van der Waals surface area (Å²) in [4.78, 5) is 13.4. The fraction of sp³-hybridized carbons (Fsp3) is 0.286. The Morgan fingerprint density at radius 1 is 1.35 bits per heavy atom. The SMILES string of the molecule is [CH2]CC1=C(C)N(C)C(=O)NC1c1ccccc1. The minimum absolute atomic E-state index is 0.0441. The molecule has 17 heavy (non-hydrogen) atoms. The highest BCUT2D eigenvalue weighted by atomic mass is 16.2. The molecule has 1 heterocycles. The van der Waals surface area contributed by atoms with Gasteiger partial charge in [0.05, 0.1) is 6.04 Å². The average Bonchev–Trinajstić information content (AvgIpc) is 2.36. The summed E-state index contributed by atoms with van der Waals surface area (Å²) < 4.78 is 0. The minimum Gasteiger partial charge on any atom is -0.327 e. The van der Waals surface area contributed by atoms with E-state index in [1.54, 1.807) is 11.9 Å². The van der Waals surface area contributed by atoms with E-state index in [4.69, 9.17) is 0 Å². The van der Waals surface area contributed by atoms with Crippen molar-refractivity contribution in [2.45, 2.75) is 19.4 Å².